The highest BCUT2D eigenvalue weighted by Gasteiger charge is 2.46. The maximum atomic E-state index is 11.5. The van der Waals surface area contributed by atoms with Gasteiger partial charge in [-0.1, -0.05) is 19.9 Å². The van der Waals surface area contributed by atoms with Crippen LogP contribution >= 0.6 is 0 Å². The smallest absolute Gasteiger partial charge is 0.156 e. The largest absolute Gasteiger partial charge is 0.393 e. The molecule has 0 aromatic rings. The monoisotopic (exact) mass is 240 g/mol. The predicted molar refractivity (Wildman–Crippen MR) is 64.3 cm³/mol. The Labute approximate surface area is 101 Å². The van der Waals surface area contributed by atoms with E-state index >= 15 is 0 Å². The van der Waals surface area contributed by atoms with Gasteiger partial charge in [0.15, 0.2) is 5.78 Å². The summed E-state index contributed by atoms with van der Waals surface area (Å²) in [5.74, 6) is -0.00622. The Morgan fingerprint density at radius 2 is 2.12 bits per heavy atom. The Kier molecular flexibility index (Phi) is 3.91. The van der Waals surface area contributed by atoms with Crippen LogP contribution in [0.4, 0.5) is 0 Å². The molecule has 0 radical (unpaired) electrons. The van der Waals surface area contributed by atoms with E-state index in [1.165, 1.54) is 18.2 Å². The Bertz CT molecular complexity index is 368. The molecule has 96 valence electrons. The zero-order valence-corrected chi connectivity index (χ0v) is 10.5. The van der Waals surface area contributed by atoms with E-state index in [0.717, 1.165) is 0 Å². The second kappa shape index (κ2) is 4.72. The molecule has 0 aliphatic heterocycles. The highest BCUT2D eigenvalue weighted by atomic mass is 16.3. The van der Waals surface area contributed by atoms with Crippen LogP contribution in [-0.2, 0) is 4.79 Å². The van der Waals surface area contributed by atoms with Crippen molar-refractivity contribution in [1.29, 1.82) is 0 Å². The van der Waals surface area contributed by atoms with Crippen molar-refractivity contribution >= 4 is 5.78 Å². The van der Waals surface area contributed by atoms with E-state index in [1.807, 2.05) is 0 Å². The topological polar surface area (TPSA) is 77.8 Å². The van der Waals surface area contributed by atoms with E-state index in [2.05, 4.69) is 0 Å². The third-order valence-corrected chi connectivity index (χ3v) is 3.37. The fourth-order valence-electron chi connectivity index (χ4n) is 2.17. The predicted octanol–water partition coefficient (Wildman–Crippen LogP) is 0.572. The molecule has 1 aliphatic rings. The first-order chi connectivity index (χ1) is 7.73. The average molecular weight is 240 g/mol. The SMILES string of the molecule is CC1=CC(=O)CC(C)(C)[C@@]1(O)C=CC(O)CO. The number of carbonyl (C=O) groups is 1. The van der Waals surface area contributed by atoms with Crippen molar-refractivity contribution in [2.45, 2.75) is 38.9 Å². The molecule has 1 rings (SSSR count). The molecule has 0 amide bonds. The lowest BCUT2D eigenvalue weighted by Crippen LogP contribution is -2.48. The summed E-state index contributed by atoms with van der Waals surface area (Å²) in [6.07, 6.45) is 3.50. The molecule has 4 nitrogen and oxygen atoms in total. The standard InChI is InChI=1S/C13H20O4/c1-9-6-11(16)7-12(2,3)13(9,17)5-4-10(15)8-14/h4-6,10,14-15,17H,7-8H2,1-3H3/t10?,13-/m1/s1. The van der Waals surface area contributed by atoms with Gasteiger partial charge < -0.3 is 15.3 Å². The molecular formula is C13H20O4. The molecule has 0 heterocycles. The van der Waals surface area contributed by atoms with Crippen LogP contribution in [0.1, 0.15) is 27.2 Å². The van der Waals surface area contributed by atoms with Crippen LogP contribution in [0.2, 0.25) is 0 Å². The molecule has 0 aromatic heterocycles. The van der Waals surface area contributed by atoms with Gasteiger partial charge in [-0.25, -0.2) is 0 Å². The van der Waals surface area contributed by atoms with Crippen LogP contribution in [0.5, 0.6) is 0 Å². The molecule has 3 N–H and O–H groups in total. The quantitative estimate of drug-likeness (QED) is 0.630. The average Bonchev–Trinajstić information content (AvgIpc) is 2.22. The maximum Gasteiger partial charge on any atom is 0.156 e. The van der Waals surface area contributed by atoms with Crippen LogP contribution in [0.25, 0.3) is 0 Å². The van der Waals surface area contributed by atoms with Crippen LogP contribution in [0.3, 0.4) is 0 Å². The van der Waals surface area contributed by atoms with Gasteiger partial charge in [0.05, 0.1) is 12.7 Å². The van der Waals surface area contributed by atoms with Crippen molar-refractivity contribution in [1.82, 2.24) is 0 Å². The Morgan fingerprint density at radius 3 is 2.59 bits per heavy atom. The summed E-state index contributed by atoms with van der Waals surface area (Å²) in [6, 6.07) is 0. The molecule has 0 spiro atoms. The minimum atomic E-state index is -1.27. The minimum absolute atomic E-state index is 0.00622. The minimum Gasteiger partial charge on any atom is -0.393 e. The number of carbonyl (C=O) groups excluding carboxylic acids is 1. The van der Waals surface area contributed by atoms with E-state index in [9.17, 15) is 15.0 Å². The molecule has 0 saturated heterocycles. The van der Waals surface area contributed by atoms with Crippen LogP contribution < -0.4 is 0 Å². The van der Waals surface area contributed by atoms with Gasteiger partial charge in [0, 0.05) is 11.8 Å². The molecule has 2 atom stereocenters. The number of hydrogen-bond donors (Lipinski definition) is 3. The molecule has 17 heavy (non-hydrogen) atoms. The first-order valence-electron chi connectivity index (χ1n) is 5.65. The highest BCUT2D eigenvalue weighted by molar-refractivity contribution is 5.92. The second-order valence-corrected chi connectivity index (χ2v) is 5.23. The number of rotatable bonds is 3. The summed E-state index contributed by atoms with van der Waals surface area (Å²) in [4.78, 5) is 11.5. The molecule has 1 aliphatic carbocycles. The Balaban J connectivity index is 3.10. The molecule has 0 saturated carbocycles. The molecule has 0 bridgehead atoms. The van der Waals surface area contributed by atoms with Gasteiger partial charge in [0.25, 0.3) is 0 Å². The van der Waals surface area contributed by atoms with E-state index in [-0.39, 0.29) is 12.2 Å². The molecule has 0 fully saturated rings. The van der Waals surface area contributed by atoms with Crippen molar-refractivity contribution in [3.63, 3.8) is 0 Å². The van der Waals surface area contributed by atoms with Crippen LogP contribution in [0, 0.1) is 5.41 Å². The van der Waals surface area contributed by atoms with Crippen LogP contribution in [0.15, 0.2) is 23.8 Å². The lowest BCUT2D eigenvalue weighted by atomic mass is 9.64. The van der Waals surface area contributed by atoms with Gasteiger partial charge in [-0.3, -0.25) is 4.79 Å². The first-order valence-corrected chi connectivity index (χ1v) is 5.65. The molecule has 4 heteroatoms. The van der Waals surface area contributed by atoms with Gasteiger partial charge >= 0.3 is 0 Å². The summed E-state index contributed by atoms with van der Waals surface area (Å²) >= 11 is 0. The Hall–Kier alpha value is -0.970. The first kappa shape index (κ1) is 14.1. The van der Waals surface area contributed by atoms with E-state index in [1.54, 1.807) is 20.8 Å². The fraction of sp³-hybridized carbons (Fsp3) is 0.615. The zero-order chi connectivity index (χ0) is 13.3. The lowest BCUT2D eigenvalue weighted by Gasteiger charge is -2.44. The van der Waals surface area contributed by atoms with Crippen molar-refractivity contribution in [2.24, 2.45) is 5.41 Å². The number of aliphatic hydroxyl groups excluding tert-OH is 2. The number of ketones is 1. The van der Waals surface area contributed by atoms with Gasteiger partial charge in [0.2, 0.25) is 0 Å². The second-order valence-electron chi connectivity index (χ2n) is 5.23. The third kappa shape index (κ3) is 2.65. The number of allylic oxidation sites excluding steroid dienone is 1. The molecule has 0 aromatic carbocycles. The third-order valence-electron chi connectivity index (χ3n) is 3.37. The van der Waals surface area contributed by atoms with Gasteiger partial charge in [-0.05, 0) is 24.6 Å². The summed E-state index contributed by atoms with van der Waals surface area (Å²) in [6.45, 7) is 4.90. The lowest BCUT2D eigenvalue weighted by molar-refractivity contribution is -0.121. The van der Waals surface area contributed by atoms with E-state index < -0.39 is 23.7 Å². The van der Waals surface area contributed by atoms with Crippen LogP contribution in [-0.4, -0.2) is 39.4 Å². The summed E-state index contributed by atoms with van der Waals surface area (Å²) in [5.41, 5.74) is -1.34. The fourth-order valence-corrected chi connectivity index (χ4v) is 2.17. The zero-order valence-electron chi connectivity index (χ0n) is 10.5. The Morgan fingerprint density at radius 1 is 1.53 bits per heavy atom. The van der Waals surface area contributed by atoms with Crippen molar-refractivity contribution < 1.29 is 20.1 Å². The number of aliphatic hydroxyl groups is 3. The van der Waals surface area contributed by atoms with E-state index in [0.29, 0.717) is 5.57 Å². The molecular weight excluding hydrogens is 220 g/mol. The van der Waals surface area contributed by atoms with Crippen molar-refractivity contribution in [3.8, 4) is 0 Å². The molecule has 1 unspecified atom stereocenters. The summed E-state index contributed by atoms with van der Waals surface area (Å²) < 4.78 is 0. The van der Waals surface area contributed by atoms with Gasteiger partial charge in [0.1, 0.15) is 5.60 Å². The maximum absolute atomic E-state index is 11.5. The van der Waals surface area contributed by atoms with Crippen molar-refractivity contribution in [3.05, 3.63) is 23.8 Å². The highest BCUT2D eigenvalue weighted by Crippen LogP contribution is 2.44. The van der Waals surface area contributed by atoms with Crippen molar-refractivity contribution in [2.75, 3.05) is 6.61 Å². The van der Waals surface area contributed by atoms with Gasteiger partial charge in [-0.2, -0.15) is 0 Å². The van der Waals surface area contributed by atoms with E-state index in [4.69, 9.17) is 5.11 Å². The summed E-state index contributed by atoms with van der Waals surface area (Å²) in [5, 5.41) is 28.6. The van der Waals surface area contributed by atoms with Gasteiger partial charge in [-0.15, -0.1) is 0 Å². The summed E-state index contributed by atoms with van der Waals surface area (Å²) in [7, 11) is 0. The normalized spacial score (nSPS) is 30.5. The number of hydrogen-bond acceptors (Lipinski definition) is 4.